The molecule has 3 nitrogen and oxygen atoms in total. The van der Waals surface area contributed by atoms with Gasteiger partial charge in [0, 0.05) is 31.2 Å². The van der Waals surface area contributed by atoms with E-state index in [2.05, 4.69) is 36.0 Å². The average Bonchev–Trinajstić information content (AvgIpc) is 2.28. The first-order valence-corrected chi connectivity index (χ1v) is 6.07. The van der Waals surface area contributed by atoms with Gasteiger partial charge in [-0.2, -0.15) is 0 Å². The maximum absolute atomic E-state index is 5.78. The van der Waals surface area contributed by atoms with Gasteiger partial charge >= 0.3 is 0 Å². The molecule has 0 atom stereocenters. The molecule has 1 aromatic carbocycles. The number of nitrogens with zero attached hydrogens (tertiary/aromatic N) is 2. The van der Waals surface area contributed by atoms with Crippen LogP contribution in [0.1, 0.15) is 16.7 Å². The first kappa shape index (κ1) is 12.6. The Morgan fingerprint density at radius 2 is 1.89 bits per heavy atom. The second-order valence-electron chi connectivity index (χ2n) is 4.79. The van der Waals surface area contributed by atoms with Crippen molar-refractivity contribution in [2.75, 3.05) is 12.8 Å². The summed E-state index contributed by atoms with van der Waals surface area (Å²) in [5, 5.41) is 0. The van der Waals surface area contributed by atoms with Gasteiger partial charge in [0.05, 0.1) is 0 Å². The van der Waals surface area contributed by atoms with Crippen molar-refractivity contribution in [3.05, 3.63) is 59.4 Å². The summed E-state index contributed by atoms with van der Waals surface area (Å²) in [5.41, 5.74) is 10.3. The van der Waals surface area contributed by atoms with E-state index >= 15 is 0 Å². The topological polar surface area (TPSA) is 42.2 Å². The maximum atomic E-state index is 5.78. The van der Waals surface area contributed by atoms with Crippen molar-refractivity contribution in [2.45, 2.75) is 20.0 Å². The Kier molecular flexibility index (Phi) is 3.95. The quantitative estimate of drug-likeness (QED) is 0.837. The lowest BCUT2D eigenvalue weighted by atomic mass is 10.1. The fourth-order valence-electron chi connectivity index (χ4n) is 2.07. The van der Waals surface area contributed by atoms with E-state index in [-0.39, 0.29) is 0 Å². The summed E-state index contributed by atoms with van der Waals surface area (Å²) in [7, 11) is 2.10. The summed E-state index contributed by atoms with van der Waals surface area (Å²) in [6.07, 6.45) is 3.80. The van der Waals surface area contributed by atoms with Gasteiger partial charge in [0.1, 0.15) is 0 Å². The number of nitrogens with two attached hydrogens (primary N) is 1. The summed E-state index contributed by atoms with van der Waals surface area (Å²) in [4.78, 5) is 6.47. The highest BCUT2D eigenvalue weighted by atomic mass is 15.1. The van der Waals surface area contributed by atoms with Gasteiger partial charge in [-0.05, 0) is 42.8 Å². The molecule has 0 radical (unpaired) electrons. The summed E-state index contributed by atoms with van der Waals surface area (Å²) < 4.78 is 0. The fourth-order valence-corrected chi connectivity index (χ4v) is 2.07. The zero-order valence-corrected chi connectivity index (χ0v) is 10.9. The predicted octanol–water partition coefficient (Wildman–Crippen LogP) is 2.60. The number of hydrogen-bond acceptors (Lipinski definition) is 3. The molecule has 0 saturated carbocycles. The third kappa shape index (κ3) is 3.57. The molecule has 0 spiro atoms. The maximum Gasteiger partial charge on any atom is 0.0317 e. The standard InChI is InChI=1S/C15H19N3/c1-12-6-14(9-17-8-12)11-18(2)10-13-4-3-5-15(16)7-13/h3-9H,10-11,16H2,1-2H3. The van der Waals surface area contributed by atoms with Crippen molar-refractivity contribution in [3.63, 3.8) is 0 Å². The number of nitrogen functional groups attached to an aromatic ring is 1. The van der Waals surface area contributed by atoms with E-state index in [4.69, 9.17) is 5.73 Å². The van der Waals surface area contributed by atoms with Crippen molar-refractivity contribution in [1.29, 1.82) is 0 Å². The molecule has 2 aromatic rings. The Labute approximate surface area is 108 Å². The summed E-state index contributed by atoms with van der Waals surface area (Å²) in [5.74, 6) is 0. The van der Waals surface area contributed by atoms with Crippen LogP contribution < -0.4 is 5.73 Å². The largest absolute Gasteiger partial charge is 0.399 e. The van der Waals surface area contributed by atoms with E-state index in [0.29, 0.717) is 0 Å². The Bertz CT molecular complexity index is 475. The number of hydrogen-bond donors (Lipinski definition) is 1. The van der Waals surface area contributed by atoms with Gasteiger partial charge in [-0.1, -0.05) is 18.2 Å². The molecule has 2 N–H and O–H groups in total. The molecule has 0 aliphatic heterocycles. The highest BCUT2D eigenvalue weighted by Gasteiger charge is 2.02. The fraction of sp³-hybridized carbons (Fsp3) is 0.267. The van der Waals surface area contributed by atoms with Gasteiger partial charge in [-0.15, -0.1) is 0 Å². The lowest BCUT2D eigenvalue weighted by Crippen LogP contribution is -2.17. The van der Waals surface area contributed by atoms with Gasteiger partial charge < -0.3 is 5.73 Å². The van der Waals surface area contributed by atoms with Crippen LogP contribution in [0.5, 0.6) is 0 Å². The van der Waals surface area contributed by atoms with E-state index in [0.717, 1.165) is 18.8 Å². The Morgan fingerprint density at radius 1 is 1.11 bits per heavy atom. The monoisotopic (exact) mass is 241 g/mol. The second kappa shape index (κ2) is 5.65. The minimum absolute atomic E-state index is 0.818. The van der Waals surface area contributed by atoms with Gasteiger partial charge in [-0.3, -0.25) is 9.88 Å². The van der Waals surface area contributed by atoms with Crippen LogP contribution in [-0.2, 0) is 13.1 Å². The Hall–Kier alpha value is -1.87. The van der Waals surface area contributed by atoms with Crippen LogP contribution in [0.25, 0.3) is 0 Å². The lowest BCUT2D eigenvalue weighted by Gasteiger charge is -2.17. The van der Waals surface area contributed by atoms with Crippen molar-refractivity contribution in [2.24, 2.45) is 0 Å². The number of aryl methyl sites for hydroxylation is 1. The molecule has 0 amide bonds. The third-order valence-corrected chi connectivity index (χ3v) is 2.79. The van der Waals surface area contributed by atoms with E-state index in [1.54, 1.807) is 0 Å². The highest BCUT2D eigenvalue weighted by Crippen LogP contribution is 2.11. The normalized spacial score (nSPS) is 10.8. The van der Waals surface area contributed by atoms with Crippen LogP contribution >= 0.6 is 0 Å². The van der Waals surface area contributed by atoms with Crippen molar-refractivity contribution < 1.29 is 0 Å². The lowest BCUT2D eigenvalue weighted by molar-refractivity contribution is 0.318. The van der Waals surface area contributed by atoms with Crippen molar-refractivity contribution in [1.82, 2.24) is 9.88 Å². The molecule has 1 heterocycles. The molecule has 0 bridgehead atoms. The molecule has 3 heteroatoms. The molecule has 1 aromatic heterocycles. The number of aromatic nitrogens is 1. The first-order valence-electron chi connectivity index (χ1n) is 6.07. The zero-order chi connectivity index (χ0) is 13.0. The molecular weight excluding hydrogens is 222 g/mol. The van der Waals surface area contributed by atoms with Crippen LogP contribution in [0.3, 0.4) is 0 Å². The molecule has 0 unspecified atom stereocenters. The van der Waals surface area contributed by atoms with Crippen LogP contribution in [0.2, 0.25) is 0 Å². The minimum Gasteiger partial charge on any atom is -0.399 e. The van der Waals surface area contributed by atoms with Crippen molar-refractivity contribution >= 4 is 5.69 Å². The van der Waals surface area contributed by atoms with Crippen LogP contribution in [0.4, 0.5) is 5.69 Å². The molecule has 0 saturated heterocycles. The molecular formula is C15H19N3. The predicted molar refractivity (Wildman–Crippen MR) is 75.0 cm³/mol. The molecule has 18 heavy (non-hydrogen) atoms. The number of anilines is 1. The Balaban J connectivity index is 1.98. The van der Waals surface area contributed by atoms with Crippen LogP contribution in [0, 0.1) is 6.92 Å². The summed E-state index contributed by atoms with van der Waals surface area (Å²) in [6.45, 7) is 3.84. The average molecular weight is 241 g/mol. The molecule has 94 valence electrons. The molecule has 0 aliphatic carbocycles. The van der Waals surface area contributed by atoms with Gasteiger partial charge in [0.25, 0.3) is 0 Å². The van der Waals surface area contributed by atoms with E-state index in [9.17, 15) is 0 Å². The third-order valence-electron chi connectivity index (χ3n) is 2.79. The van der Waals surface area contributed by atoms with Crippen LogP contribution in [-0.4, -0.2) is 16.9 Å². The number of rotatable bonds is 4. The highest BCUT2D eigenvalue weighted by molar-refractivity contribution is 5.40. The first-order chi connectivity index (χ1) is 8.63. The molecule has 0 fully saturated rings. The summed E-state index contributed by atoms with van der Waals surface area (Å²) in [6, 6.07) is 10.2. The van der Waals surface area contributed by atoms with Gasteiger partial charge in [-0.25, -0.2) is 0 Å². The van der Waals surface area contributed by atoms with Crippen LogP contribution in [0.15, 0.2) is 42.7 Å². The summed E-state index contributed by atoms with van der Waals surface area (Å²) >= 11 is 0. The number of pyridine rings is 1. The Morgan fingerprint density at radius 3 is 2.61 bits per heavy atom. The minimum atomic E-state index is 0.818. The zero-order valence-electron chi connectivity index (χ0n) is 10.9. The van der Waals surface area contributed by atoms with Gasteiger partial charge in [0.15, 0.2) is 0 Å². The van der Waals surface area contributed by atoms with Gasteiger partial charge in [0.2, 0.25) is 0 Å². The number of benzene rings is 1. The second-order valence-corrected chi connectivity index (χ2v) is 4.79. The SMILES string of the molecule is Cc1cncc(CN(C)Cc2cccc(N)c2)c1. The van der Waals surface area contributed by atoms with Crippen molar-refractivity contribution in [3.8, 4) is 0 Å². The van der Waals surface area contributed by atoms with E-state index in [1.165, 1.54) is 16.7 Å². The van der Waals surface area contributed by atoms with E-state index < -0.39 is 0 Å². The molecule has 0 aliphatic rings. The molecule has 2 rings (SSSR count). The van der Waals surface area contributed by atoms with E-state index in [1.807, 2.05) is 30.6 Å². The smallest absolute Gasteiger partial charge is 0.0317 e.